The first-order valence-electron chi connectivity index (χ1n) is 5.87. The third-order valence-corrected chi connectivity index (χ3v) is 3.43. The number of hydrogen-bond acceptors (Lipinski definition) is 5. The maximum atomic E-state index is 12.9. The van der Waals surface area contributed by atoms with Crippen molar-refractivity contribution in [1.29, 1.82) is 0 Å². The van der Waals surface area contributed by atoms with Crippen molar-refractivity contribution in [2.75, 3.05) is 12.4 Å². The summed E-state index contributed by atoms with van der Waals surface area (Å²) in [4.78, 5) is 11.0. The SMILES string of the molecule is CCOC(=O)CCCS(=O)(=O)Oc1ccc(F)c(F)c1. The van der Waals surface area contributed by atoms with Gasteiger partial charge in [-0.05, 0) is 25.5 Å². The van der Waals surface area contributed by atoms with Gasteiger partial charge in [0, 0.05) is 12.5 Å². The van der Waals surface area contributed by atoms with Gasteiger partial charge >= 0.3 is 16.1 Å². The second-order valence-corrected chi connectivity index (χ2v) is 5.52. The highest BCUT2D eigenvalue weighted by Crippen LogP contribution is 2.17. The molecule has 0 bridgehead atoms. The second-order valence-electron chi connectivity index (χ2n) is 3.83. The van der Waals surface area contributed by atoms with Gasteiger partial charge in [0.1, 0.15) is 5.75 Å². The molecule has 0 N–H and O–H groups in total. The van der Waals surface area contributed by atoms with Crippen LogP contribution in [0.3, 0.4) is 0 Å². The van der Waals surface area contributed by atoms with Crippen LogP contribution < -0.4 is 4.18 Å². The van der Waals surface area contributed by atoms with Crippen LogP contribution >= 0.6 is 0 Å². The summed E-state index contributed by atoms with van der Waals surface area (Å²) in [6.45, 7) is 1.86. The second kappa shape index (κ2) is 7.18. The molecule has 20 heavy (non-hydrogen) atoms. The molecular formula is C12H14F2O5S. The lowest BCUT2D eigenvalue weighted by Crippen LogP contribution is -2.15. The van der Waals surface area contributed by atoms with Gasteiger partial charge in [-0.2, -0.15) is 8.42 Å². The number of rotatable bonds is 7. The van der Waals surface area contributed by atoms with E-state index in [0.29, 0.717) is 6.07 Å². The molecule has 0 fully saturated rings. The van der Waals surface area contributed by atoms with Gasteiger partial charge in [-0.15, -0.1) is 0 Å². The number of hydrogen-bond donors (Lipinski definition) is 0. The Morgan fingerprint density at radius 1 is 1.25 bits per heavy atom. The average molecular weight is 308 g/mol. The van der Waals surface area contributed by atoms with Crippen LogP contribution in [0.2, 0.25) is 0 Å². The third kappa shape index (κ3) is 5.52. The molecule has 0 radical (unpaired) electrons. The minimum absolute atomic E-state index is 0.0187. The van der Waals surface area contributed by atoms with Crippen LogP contribution in [-0.2, 0) is 19.6 Å². The lowest BCUT2D eigenvalue weighted by atomic mass is 10.3. The first-order chi connectivity index (χ1) is 9.34. The van der Waals surface area contributed by atoms with E-state index in [1.165, 1.54) is 0 Å². The summed E-state index contributed by atoms with van der Waals surface area (Å²) < 4.78 is 57.9. The molecule has 0 saturated heterocycles. The Labute approximate surface area is 115 Å². The van der Waals surface area contributed by atoms with Gasteiger partial charge < -0.3 is 8.92 Å². The fraction of sp³-hybridized carbons (Fsp3) is 0.417. The summed E-state index contributed by atoms with van der Waals surface area (Å²) in [5, 5.41) is 0. The van der Waals surface area contributed by atoms with E-state index in [0.717, 1.165) is 12.1 Å². The molecule has 0 heterocycles. The zero-order chi connectivity index (χ0) is 15.2. The van der Waals surface area contributed by atoms with Crippen LogP contribution in [0.1, 0.15) is 19.8 Å². The first-order valence-corrected chi connectivity index (χ1v) is 7.44. The number of esters is 1. The van der Waals surface area contributed by atoms with Gasteiger partial charge in [0.05, 0.1) is 12.4 Å². The van der Waals surface area contributed by atoms with E-state index in [4.69, 9.17) is 0 Å². The Balaban J connectivity index is 2.53. The molecule has 1 rings (SSSR count). The topological polar surface area (TPSA) is 69.7 Å². The summed E-state index contributed by atoms with van der Waals surface area (Å²) in [5.74, 6) is -3.55. The van der Waals surface area contributed by atoms with E-state index < -0.39 is 33.5 Å². The lowest BCUT2D eigenvalue weighted by molar-refractivity contribution is -0.143. The van der Waals surface area contributed by atoms with Crippen molar-refractivity contribution < 1.29 is 30.9 Å². The molecule has 0 aliphatic carbocycles. The standard InChI is InChI=1S/C12H14F2O5S/c1-2-18-12(15)4-3-7-20(16,17)19-9-5-6-10(13)11(14)8-9/h5-6,8H,2-4,7H2,1H3. The normalized spacial score (nSPS) is 11.2. The Morgan fingerprint density at radius 2 is 1.95 bits per heavy atom. The van der Waals surface area contributed by atoms with E-state index in [1.807, 2.05) is 0 Å². The van der Waals surface area contributed by atoms with E-state index in [2.05, 4.69) is 8.92 Å². The van der Waals surface area contributed by atoms with Gasteiger partial charge in [-0.25, -0.2) is 8.78 Å². The van der Waals surface area contributed by atoms with Crippen LogP contribution in [0.4, 0.5) is 8.78 Å². The molecule has 8 heteroatoms. The molecule has 1 aromatic rings. The molecule has 0 aromatic heterocycles. The van der Waals surface area contributed by atoms with Crippen molar-refractivity contribution in [3.63, 3.8) is 0 Å². The van der Waals surface area contributed by atoms with Crippen LogP contribution in [0, 0.1) is 11.6 Å². The van der Waals surface area contributed by atoms with E-state index >= 15 is 0 Å². The van der Waals surface area contributed by atoms with E-state index in [-0.39, 0.29) is 25.2 Å². The molecule has 0 saturated carbocycles. The minimum atomic E-state index is -3.97. The van der Waals surface area contributed by atoms with Gasteiger partial charge in [0.15, 0.2) is 11.6 Å². The van der Waals surface area contributed by atoms with Crippen molar-refractivity contribution in [2.45, 2.75) is 19.8 Å². The van der Waals surface area contributed by atoms with Crippen molar-refractivity contribution in [3.8, 4) is 5.75 Å². The number of ether oxygens (including phenoxy) is 1. The maximum Gasteiger partial charge on any atom is 0.309 e. The van der Waals surface area contributed by atoms with Gasteiger partial charge in [-0.1, -0.05) is 0 Å². The minimum Gasteiger partial charge on any atom is -0.466 e. The van der Waals surface area contributed by atoms with Crippen LogP contribution in [0.15, 0.2) is 18.2 Å². The fourth-order valence-electron chi connectivity index (χ4n) is 1.34. The Morgan fingerprint density at radius 3 is 2.55 bits per heavy atom. The van der Waals surface area contributed by atoms with E-state index in [9.17, 15) is 22.0 Å². The summed E-state index contributed by atoms with van der Waals surface area (Å²) in [6.07, 6.45) is -0.0426. The number of benzene rings is 1. The van der Waals surface area contributed by atoms with Crippen molar-refractivity contribution >= 4 is 16.1 Å². The smallest absolute Gasteiger partial charge is 0.309 e. The number of carbonyl (C=O) groups is 1. The molecule has 0 unspecified atom stereocenters. The molecule has 1 aromatic carbocycles. The number of carbonyl (C=O) groups excluding carboxylic acids is 1. The molecule has 0 spiro atoms. The highest BCUT2D eigenvalue weighted by atomic mass is 32.2. The molecule has 0 atom stereocenters. The molecular weight excluding hydrogens is 294 g/mol. The van der Waals surface area contributed by atoms with Crippen molar-refractivity contribution in [3.05, 3.63) is 29.8 Å². The largest absolute Gasteiger partial charge is 0.466 e. The zero-order valence-corrected chi connectivity index (χ0v) is 11.6. The third-order valence-electron chi connectivity index (χ3n) is 2.19. The van der Waals surface area contributed by atoms with Crippen molar-refractivity contribution in [2.24, 2.45) is 0 Å². The summed E-state index contributed by atoms with van der Waals surface area (Å²) in [5.41, 5.74) is 0. The van der Waals surface area contributed by atoms with Gasteiger partial charge in [-0.3, -0.25) is 4.79 Å². The molecule has 5 nitrogen and oxygen atoms in total. The van der Waals surface area contributed by atoms with Crippen molar-refractivity contribution in [1.82, 2.24) is 0 Å². The van der Waals surface area contributed by atoms with Gasteiger partial charge in [0.25, 0.3) is 0 Å². The Bertz CT molecular complexity index is 571. The summed E-state index contributed by atoms with van der Waals surface area (Å²) in [7, 11) is -3.97. The van der Waals surface area contributed by atoms with Crippen LogP contribution in [-0.4, -0.2) is 26.7 Å². The quantitative estimate of drug-likeness (QED) is 0.569. The molecule has 112 valence electrons. The molecule has 0 aliphatic rings. The molecule has 0 amide bonds. The maximum absolute atomic E-state index is 12.9. The first kappa shape index (κ1) is 16.4. The summed E-state index contributed by atoms with van der Waals surface area (Å²) >= 11 is 0. The fourth-order valence-corrected chi connectivity index (χ4v) is 2.32. The Hall–Kier alpha value is -1.70. The zero-order valence-electron chi connectivity index (χ0n) is 10.8. The molecule has 0 aliphatic heterocycles. The monoisotopic (exact) mass is 308 g/mol. The van der Waals surface area contributed by atoms with Crippen LogP contribution in [0.5, 0.6) is 5.75 Å². The predicted molar refractivity (Wildman–Crippen MR) is 66.6 cm³/mol. The van der Waals surface area contributed by atoms with Gasteiger partial charge in [0.2, 0.25) is 0 Å². The summed E-state index contributed by atoms with van der Waals surface area (Å²) in [6, 6.07) is 2.40. The highest BCUT2D eigenvalue weighted by Gasteiger charge is 2.15. The lowest BCUT2D eigenvalue weighted by Gasteiger charge is -2.07. The Kier molecular flexibility index (Phi) is 5.87. The predicted octanol–water partition coefficient (Wildman–Crippen LogP) is 2.02. The van der Waals surface area contributed by atoms with Crippen LogP contribution in [0.25, 0.3) is 0 Å². The highest BCUT2D eigenvalue weighted by molar-refractivity contribution is 7.87. The van der Waals surface area contributed by atoms with E-state index in [1.54, 1.807) is 6.92 Å². The average Bonchev–Trinajstić information content (AvgIpc) is 2.33. The number of halogens is 2.